The molecule has 2 atom stereocenters. The number of nitrogens with one attached hydrogen (secondary N) is 1. The first-order valence-corrected chi connectivity index (χ1v) is 9.24. The van der Waals surface area contributed by atoms with E-state index in [1.807, 2.05) is 6.07 Å². The van der Waals surface area contributed by atoms with Crippen LogP contribution in [0.4, 0.5) is 0 Å². The Morgan fingerprint density at radius 2 is 1.84 bits per heavy atom. The number of rotatable bonds is 5. The van der Waals surface area contributed by atoms with Crippen LogP contribution in [0.15, 0.2) is 24.3 Å². The van der Waals surface area contributed by atoms with Gasteiger partial charge >= 0.3 is 5.97 Å². The Morgan fingerprint density at radius 3 is 2.48 bits per heavy atom. The number of benzene rings is 1. The largest absolute Gasteiger partial charge is 0.479 e. The van der Waals surface area contributed by atoms with Crippen LogP contribution >= 0.6 is 0 Å². The van der Waals surface area contributed by atoms with Gasteiger partial charge in [-0.15, -0.1) is 0 Å². The molecule has 1 aromatic rings. The first kappa shape index (κ1) is 17.9. The summed E-state index contributed by atoms with van der Waals surface area (Å²) in [7, 11) is 0. The molecule has 1 saturated carbocycles. The number of carboxylic acids is 1. The van der Waals surface area contributed by atoms with Gasteiger partial charge in [0.15, 0.2) is 6.10 Å². The SMILES string of the molecule is Cc1ccccc1C1(CNC(=O)[C@@H]2CC[C@H](C(=O)O)O2)CCCCC1. The van der Waals surface area contributed by atoms with Gasteiger partial charge < -0.3 is 15.2 Å². The van der Waals surface area contributed by atoms with Crippen molar-refractivity contribution in [2.75, 3.05) is 6.54 Å². The quantitative estimate of drug-likeness (QED) is 0.860. The fourth-order valence-electron chi connectivity index (χ4n) is 4.32. The van der Waals surface area contributed by atoms with E-state index in [2.05, 4.69) is 30.4 Å². The number of carboxylic acid groups (broad SMARTS) is 1. The van der Waals surface area contributed by atoms with Gasteiger partial charge in [0.2, 0.25) is 5.91 Å². The van der Waals surface area contributed by atoms with Gasteiger partial charge in [0, 0.05) is 12.0 Å². The highest BCUT2D eigenvalue weighted by Gasteiger charge is 2.38. The maximum absolute atomic E-state index is 12.5. The Morgan fingerprint density at radius 1 is 1.16 bits per heavy atom. The zero-order chi connectivity index (χ0) is 17.9. The van der Waals surface area contributed by atoms with Crippen LogP contribution in [-0.2, 0) is 19.7 Å². The topological polar surface area (TPSA) is 75.6 Å². The van der Waals surface area contributed by atoms with E-state index in [-0.39, 0.29) is 11.3 Å². The maximum atomic E-state index is 12.5. The van der Waals surface area contributed by atoms with Crippen LogP contribution in [0.3, 0.4) is 0 Å². The predicted molar refractivity (Wildman–Crippen MR) is 94.5 cm³/mol. The summed E-state index contributed by atoms with van der Waals surface area (Å²) in [6.45, 7) is 2.72. The summed E-state index contributed by atoms with van der Waals surface area (Å²) in [5, 5.41) is 12.1. The van der Waals surface area contributed by atoms with Crippen LogP contribution in [-0.4, -0.2) is 35.7 Å². The second-order valence-electron chi connectivity index (χ2n) is 7.40. The minimum atomic E-state index is -0.987. The summed E-state index contributed by atoms with van der Waals surface area (Å²) < 4.78 is 5.38. The van der Waals surface area contributed by atoms with Crippen molar-refractivity contribution in [1.82, 2.24) is 5.32 Å². The minimum Gasteiger partial charge on any atom is -0.479 e. The molecule has 0 bridgehead atoms. The lowest BCUT2D eigenvalue weighted by molar-refractivity contribution is -0.151. The number of carbonyl (C=O) groups excluding carboxylic acids is 1. The van der Waals surface area contributed by atoms with E-state index >= 15 is 0 Å². The molecule has 2 N–H and O–H groups in total. The second-order valence-corrected chi connectivity index (χ2v) is 7.40. The zero-order valence-electron chi connectivity index (χ0n) is 14.8. The van der Waals surface area contributed by atoms with E-state index in [4.69, 9.17) is 9.84 Å². The van der Waals surface area contributed by atoms with Gasteiger partial charge in [0.25, 0.3) is 0 Å². The summed E-state index contributed by atoms with van der Waals surface area (Å²) in [4.78, 5) is 23.5. The number of aliphatic carboxylic acids is 1. The molecule has 0 aromatic heterocycles. The van der Waals surface area contributed by atoms with Crippen molar-refractivity contribution in [3.8, 4) is 0 Å². The molecule has 1 saturated heterocycles. The van der Waals surface area contributed by atoms with Gasteiger partial charge in [-0.3, -0.25) is 4.79 Å². The van der Waals surface area contributed by atoms with Crippen LogP contribution in [0.5, 0.6) is 0 Å². The van der Waals surface area contributed by atoms with Crippen molar-refractivity contribution >= 4 is 11.9 Å². The molecule has 0 unspecified atom stereocenters. The molecule has 2 fully saturated rings. The lowest BCUT2D eigenvalue weighted by Crippen LogP contribution is -2.45. The molecule has 136 valence electrons. The molecule has 0 spiro atoms. The van der Waals surface area contributed by atoms with Crippen molar-refractivity contribution in [3.05, 3.63) is 35.4 Å². The zero-order valence-corrected chi connectivity index (χ0v) is 14.8. The first-order valence-electron chi connectivity index (χ1n) is 9.24. The molecule has 1 aliphatic heterocycles. The second kappa shape index (κ2) is 7.56. The molecule has 0 radical (unpaired) electrons. The summed E-state index contributed by atoms with van der Waals surface area (Å²) in [5.74, 6) is -1.17. The van der Waals surface area contributed by atoms with Crippen molar-refractivity contribution in [2.45, 2.75) is 69.5 Å². The molecule has 1 amide bonds. The summed E-state index contributed by atoms with van der Waals surface area (Å²) in [6, 6.07) is 8.43. The van der Waals surface area contributed by atoms with Gasteiger partial charge in [0.05, 0.1) is 0 Å². The van der Waals surface area contributed by atoms with Gasteiger partial charge in [-0.1, -0.05) is 43.5 Å². The summed E-state index contributed by atoms with van der Waals surface area (Å²) in [6.07, 6.45) is 5.11. The highest BCUT2D eigenvalue weighted by atomic mass is 16.5. The molecule has 5 heteroatoms. The highest BCUT2D eigenvalue weighted by molar-refractivity contribution is 5.82. The average Bonchev–Trinajstić information content (AvgIpc) is 3.11. The van der Waals surface area contributed by atoms with Crippen LogP contribution in [0.2, 0.25) is 0 Å². The van der Waals surface area contributed by atoms with E-state index in [9.17, 15) is 9.59 Å². The molecule has 2 aliphatic rings. The van der Waals surface area contributed by atoms with Gasteiger partial charge in [-0.25, -0.2) is 4.79 Å². The molecular weight excluding hydrogens is 318 g/mol. The van der Waals surface area contributed by atoms with Gasteiger partial charge in [0.1, 0.15) is 6.10 Å². The number of aryl methyl sites for hydroxylation is 1. The third kappa shape index (κ3) is 3.87. The molecule has 1 aromatic carbocycles. The third-order valence-corrected chi connectivity index (χ3v) is 5.72. The van der Waals surface area contributed by atoms with E-state index in [0.717, 1.165) is 12.8 Å². The smallest absolute Gasteiger partial charge is 0.332 e. The number of amides is 1. The van der Waals surface area contributed by atoms with Crippen LogP contribution < -0.4 is 5.32 Å². The number of carbonyl (C=O) groups is 2. The predicted octanol–water partition coefficient (Wildman–Crippen LogP) is 2.95. The molecule has 1 heterocycles. The van der Waals surface area contributed by atoms with Gasteiger partial charge in [-0.05, 0) is 43.7 Å². The number of hydrogen-bond acceptors (Lipinski definition) is 3. The van der Waals surface area contributed by atoms with E-state index in [0.29, 0.717) is 19.4 Å². The van der Waals surface area contributed by atoms with Crippen molar-refractivity contribution < 1.29 is 19.4 Å². The van der Waals surface area contributed by atoms with Crippen LogP contribution in [0, 0.1) is 6.92 Å². The normalized spacial score (nSPS) is 25.5. The van der Waals surface area contributed by atoms with Gasteiger partial charge in [-0.2, -0.15) is 0 Å². The number of hydrogen-bond donors (Lipinski definition) is 2. The monoisotopic (exact) mass is 345 g/mol. The Balaban J connectivity index is 1.69. The molecule has 1 aliphatic carbocycles. The molecule has 25 heavy (non-hydrogen) atoms. The van der Waals surface area contributed by atoms with Crippen molar-refractivity contribution in [1.29, 1.82) is 0 Å². The summed E-state index contributed by atoms with van der Waals surface area (Å²) in [5.41, 5.74) is 2.57. The van der Waals surface area contributed by atoms with Crippen LogP contribution in [0.1, 0.15) is 56.1 Å². The summed E-state index contributed by atoms with van der Waals surface area (Å²) >= 11 is 0. The first-order chi connectivity index (χ1) is 12.0. The maximum Gasteiger partial charge on any atom is 0.332 e. The molecular formula is C20H27NO4. The van der Waals surface area contributed by atoms with Crippen molar-refractivity contribution in [3.63, 3.8) is 0 Å². The standard InChI is InChI=1S/C20H27NO4/c1-14-7-3-4-8-15(14)20(11-5-2-6-12-20)13-21-18(22)16-9-10-17(25-16)19(23)24/h3-4,7-8,16-17H,2,5-6,9-13H2,1H3,(H,21,22)(H,23,24)/t16-,17+/m0/s1. The molecule has 5 nitrogen and oxygen atoms in total. The Bertz CT molecular complexity index is 636. The Kier molecular flexibility index (Phi) is 5.42. The highest BCUT2D eigenvalue weighted by Crippen LogP contribution is 2.40. The van der Waals surface area contributed by atoms with E-state index in [1.165, 1.54) is 30.4 Å². The minimum absolute atomic E-state index is 0.0238. The van der Waals surface area contributed by atoms with E-state index < -0.39 is 18.2 Å². The van der Waals surface area contributed by atoms with Crippen LogP contribution in [0.25, 0.3) is 0 Å². The Labute approximate surface area is 148 Å². The van der Waals surface area contributed by atoms with E-state index in [1.54, 1.807) is 0 Å². The fourth-order valence-corrected chi connectivity index (χ4v) is 4.32. The van der Waals surface area contributed by atoms with Crippen molar-refractivity contribution in [2.24, 2.45) is 0 Å². The number of ether oxygens (including phenoxy) is 1. The Hall–Kier alpha value is -1.88. The third-order valence-electron chi connectivity index (χ3n) is 5.72. The average molecular weight is 345 g/mol. The fraction of sp³-hybridized carbons (Fsp3) is 0.600. The molecule has 3 rings (SSSR count). The lowest BCUT2D eigenvalue weighted by Gasteiger charge is -2.39. The lowest BCUT2D eigenvalue weighted by atomic mass is 9.68.